The molecule has 144 valence electrons. The number of hydrogen-bond donors (Lipinski definition) is 1. The van der Waals surface area contributed by atoms with Crippen molar-refractivity contribution < 1.29 is 23.5 Å². The van der Waals surface area contributed by atoms with Crippen molar-refractivity contribution >= 4 is 12.1 Å². The van der Waals surface area contributed by atoms with Gasteiger partial charge in [0.1, 0.15) is 18.1 Å². The maximum absolute atomic E-state index is 13.2. The zero-order valence-electron chi connectivity index (χ0n) is 15.2. The molecule has 0 bridgehead atoms. The first-order valence-electron chi connectivity index (χ1n) is 9.00. The molecular formula is C19H22FN3O4. The third kappa shape index (κ3) is 4.64. The molecule has 1 aromatic heterocycles. The van der Waals surface area contributed by atoms with Crippen molar-refractivity contribution in [3.8, 4) is 5.69 Å². The summed E-state index contributed by atoms with van der Waals surface area (Å²) in [5, 5.41) is 7.04. The third-order valence-corrected chi connectivity index (χ3v) is 4.33. The lowest BCUT2D eigenvalue weighted by Gasteiger charge is -2.06. The number of alkyl carbamates (subject to hydrolysis) is 1. The highest BCUT2D eigenvalue weighted by atomic mass is 19.1. The Kier molecular flexibility index (Phi) is 6.05. The molecule has 3 rings (SSSR count). The molecule has 7 nitrogen and oxygen atoms in total. The van der Waals surface area contributed by atoms with Crippen LogP contribution in [0.15, 0.2) is 24.3 Å². The van der Waals surface area contributed by atoms with Crippen LogP contribution < -0.4 is 5.32 Å². The SMILES string of the molecule is CCOC(=O)NCCC(=O)OCc1nn(-c2ccc(F)cc2)c2c1CCC2. The van der Waals surface area contributed by atoms with E-state index in [1.165, 1.54) is 12.1 Å². The first-order valence-corrected chi connectivity index (χ1v) is 9.00. The van der Waals surface area contributed by atoms with Gasteiger partial charge >= 0.3 is 12.1 Å². The number of amides is 1. The molecule has 0 radical (unpaired) electrons. The molecule has 1 amide bonds. The molecule has 0 spiro atoms. The van der Waals surface area contributed by atoms with Gasteiger partial charge in [-0.25, -0.2) is 13.9 Å². The van der Waals surface area contributed by atoms with Crippen LogP contribution >= 0.6 is 0 Å². The van der Waals surface area contributed by atoms with Gasteiger partial charge in [0.25, 0.3) is 0 Å². The van der Waals surface area contributed by atoms with Crippen molar-refractivity contribution in [2.24, 2.45) is 0 Å². The summed E-state index contributed by atoms with van der Waals surface area (Å²) in [6.07, 6.45) is 2.28. The standard InChI is InChI=1S/C19H22FN3O4/c1-2-26-19(25)21-11-10-18(24)27-12-16-15-4-3-5-17(15)23(22-16)14-8-6-13(20)7-9-14/h6-9H,2-5,10-12H2,1H3,(H,21,25). The van der Waals surface area contributed by atoms with E-state index in [9.17, 15) is 14.0 Å². The first kappa shape index (κ1) is 18.9. The summed E-state index contributed by atoms with van der Waals surface area (Å²) in [5.74, 6) is -0.719. The average Bonchev–Trinajstić information content (AvgIpc) is 3.24. The van der Waals surface area contributed by atoms with Crippen molar-refractivity contribution in [3.05, 3.63) is 47.0 Å². The van der Waals surface area contributed by atoms with Crippen molar-refractivity contribution in [2.75, 3.05) is 13.2 Å². The van der Waals surface area contributed by atoms with E-state index in [1.807, 2.05) is 0 Å². The van der Waals surface area contributed by atoms with Crippen molar-refractivity contribution in [1.82, 2.24) is 15.1 Å². The predicted octanol–water partition coefficient (Wildman–Crippen LogP) is 2.68. The number of ether oxygens (including phenoxy) is 2. The van der Waals surface area contributed by atoms with Gasteiger partial charge in [0, 0.05) is 17.8 Å². The van der Waals surface area contributed by atoms with Crippen molar-refractivity contribution in [1.29, 1.82) is 0 Å². The number of aromatic nitrogens is 2. The Balaban J connectivity index is 1.59. The minimum absolute atomic E-state index is 0.0552. The van der Waals surface area contributed by atoms with E-state index in [1.54, 1.807) is 23.7 Å². The summed E-state index contributed by atoms with van der Waals surface area (Å²) in [6.45, 7) is 2.21. The average molecular weight is 375 g/mol. The second-order valence-electron chi connectivity index (χ2n) is 6.17. The van der Waals surface area contributed by atoms with Gasteiger partial charge in [-0.3, -0.25) is 4.79 Å². The van der Waals surface area contributed by atoms with Crippen LogP contribution in [0, 0.1) is 5.82 Å². The highest BCUT2D eigenvalue weighted by Crippen LogP contribution is 2.28. The second-order valence-corrected chi connectivity index (χ2v) is 6.17. The number of carbonyl (C=O) groups excluding carboxylic acids is 2. The van der Waals surface area contributed by atoms with E-state index in [-0.39, 0.29) is 32.0 Å². The normalized spacial score (nSPS) is 12.5. The molecule has 1 aliphatic carbocycles. The van der Waals surface area contributed by atoms with Crippen LogP contribution in [-0.2, 0) is 33.7 Å². The zero-order chi connectivity index (χ0) is 19.2. The van der Waals surface area contributed by atoms with E-state index in [2.05, 4.69) is 10.4 Å². The fourth-order valence-corrected chi connectivity index (χ4v) is 3.10. The lowest BCUT2D eigenvalue weighted by molar-refractivity contribution is -0.144. The Morgan fingerprint density at radius 3 is 2.74 bits per heavy atom. The van der Waals surface area contributed by atoms with Gasteiger partial charge in [-0.15, -0.1) is 0 Å². The molecule has 8 heteroatoms. The molecule has 27 heavy (non-hydrogen) atoms. The Morgan fingerprint density at radius 1 is 1.22 bits per heavy atom. The summed E-state index contributed by atoms with van der Waals surface area (Å²) in [7, 11) is 0. The molecule has 1 aromatic carbocycles. The topological polar surface area (TPSA) is 82.4 Å². The molecule has 1 aliphatic rings. The minimum atomic E-state index is -0.554. The predicted molar refractivity (Wildman–Crippen MR) is 95.0 cm³/mol. The van der Waals surface area contributed by atoms with E-state index in [4.69, 9.17) is 9.47 Å². The number of carbonyl (C=O) groups is 2. The molecule has 0 unspecified atom stereocenters. The zero-order valence-corrected chi connectivity index (χ0v) is 15.2. The van der Waals surface area contributed by atoms with Crippen LogP contribution in [0.3, 0.4) is 0 Å². The summed E-state index contributed by atoms with van der Waals surface area (Å²) in [4.78, 5) is 23.0. The second kappa shape index (κ2) is 8.66. The summed E-state index contributed by atoms with van der Waals surface area (Å²) in [5.41, 5.74) is 3.68. The highest BCUT2D eigenvalue weighted by molar-refractivity contribution is 5.71. The lowest BCUT2D eigenvalue weighted by atomic mass is 10.2. The Labute approximate surface area is 156 Å². The van der Waals surface area contributed by atoms with Crippen molar-refractivity contribution in [2.45, 2.75) is 39.2 Å². The fourth-order valence-electron chi connectivity index (χ4n) is 3.10. The van der Waals surface area contributed by atoms with Gasteiger partial charge in [0.2, 0.25) is 0 Å². The van der Waals surface area contributed by atoms with Crippen LogP contribution in [0.1, 0.15) is 36.7 Å². The fraction of sp³-hybridized carbons (Fsp3) is 0.421. The van der Waals surface area contributed by atoms with E-state index in [0.717, 1.165) is 41.9 Å². The molecule has 2 aromatic rings. The number of fused-ring (bicyclic) bond motifs is 1. The maximum atomic E-state index is 13.2. The molecule has 0 fully saturated rings. The van der Waals surface area contributed by atoms with Crippen LogP contribution in [0.2, 0.25) is 0 Å². The number of esters is 1. The summed E-state index contributed by atoms with van der Waals surface area (Å²) >= 11 is 0. The Hall–Kier alpha value is -2.90. The molecule has 0 aliphatic heterocycles. The smallest absolute Gasteiger partial charge is 0.407 e. The molecule has 0 atom stereocenters. The van der Waals surface area contributed by atoms with Gasteiger partial charge in [-0.2, -0.15) is 5.10 Å². The van der Waals surface area contributed by atoms with E-state index in [0.29, 0.717) is 0 Å². The van der Waals surface area contributed by atoms with E-state index >= 15 is 0 Å². The Bertz CT molecular complexity index is 817. The van der Waals surface area contributed by atoms with Gasteiger partial charge in [0.15, 0.2) is 0 Å². The van der Waals surface area contributed by atoms with Crippen LogP contribution in [0.4, 0.5) is 9.18 Å². The van der Waals surface area contributed by atoms with Crippen LogP contribution in [-0.4, -0.2) is 35.0 Å². The van der Waals surface area contributed by atoms with Crippen LogP contribution in [0.5, 0.6) is 0 Å². The monoisotopic (exact) mass is 375 g/mol. The van der Waals surface area contributed by atoms with Gasteiger partial charge < -0.3 is 14.8 Å². The van der Waals surface area contributed by atoms with E-state index < -0.39 is 12.1 Å². The van der Waals surface area contributed by atoms with Crippen molar-refractivity contribution in [3.63, 3.8) is 0 Å². The number of nitrogens with one attached hydrogen (secondary N) is 1. The minimum Gasteiger partial charge on any atom is -0.459 e. The molecule has 0 saturated heterocycles. The third-order valence-electron chi connectivity index (χ3n) is 4.33. The highest BCUT2D eigenvalue weighted by Gasteiger charge is 2.23. The summed E-state index contributed by atoms with van der Waals surface area (Å²) in [6, 6.07) is 6.15. The number of halogens is 1. The quantitative estimate of drug-likeness (QED) is 0.753. The summed E-state index contributed by atoms with van der Waals surface area (Å²) < 4.78 is 25.0. The lowest BCUT2D eigenvalue weighted by Crippen LogP contribution is -2.27. The number of nitrogens with zero attached hydrogens (tertiary/aromatic N) is 2. The number of hydrogen-bond acceptors (Lipinski definition) is 5. The van der Waals surface area contributed by atoms with Gasteiger partial charge in [0.05, 0.1) is 18.7 Å². The van der Waals surface area contributed by atoms with Gasteiger partial charge in [-0.1, -0.05) is 0 Å². The molecule has 0 saturated carbocycles. The Morgan fingerprint density at radius 2 is 2.00 bits per heavy atom. The molecule has 1 heterocycles. The van der Waals surface area contributed by atoms with Crippen LogP contribution in [0.25, 0.3) is 5.69 Å². The number of benzene rings is 1. The van der Waals surface area contributed by atoms with Gasteiger partial charge in [-0.05, 0) is 50.5 Å². The number of rotatable bonds is 7. The first-order chi connectivity index (χ1) is 13.1. The largest absolute Gasteiger partial charge is 0.459 e. The molecule has 1 N–H and O–H groups in total. The molecular weight excluding hydrogens is 353 g/mol. The maximum Gasteiger partial charge on any atom is 0.407 e.